The van der Waals surface area contributed by atoms with Crippen LogP contribution in [0.15, 0.2) is 45.8 Å². The molecule has 24 heavy (non-hydrogen) atoms. The van der Waals surface area contributed by atoms with Crippen molar-refractivity contribution < 1.29 is 26.4 Å². The smallest absolute Gasteiger partial charge is 0.416 e. The summed E-state index contributed by atoms with van der Waals surface area (Å²) in [4.78, 5) is 8.05. The van der Waals surface area contributed by atoms with E-state index in [2.05, 4.69) is 9.97 Å². The molecular formula is C15H12F3N2O3S+. The predicted molar refractivity (Wildman–Crippen MR) is 81.7 cm³/mol. The third kappa shape index (κ3) is 2.92. The Kier molecular flexibility index (Phi) is 3.92. The molecule has 0 amide bonds. The summed E-state index contributed by atoms with van der Waals surface area (Å²) in [6, 6.07) is 5.82. The standard InChI is InChI=1S/C15H11F3N2O3S/c1-2-24(21,22)12-4-3-7-19-13(12)14-20-10-8-9(15(16,17)18)5-6-11(10)23-14/h3-8H,2H2,1H3/p+1. The van der Waals surface area contributed by atoms with Crippen molar-refractivity contribution in [1.29, 1.82) is 0 Å². The molecule has 3 rings (SSSR count). The third-order valence-electron chi connectivity index (χ3n) is 3.42. The largest absolute Gasteiger partial charge is 0.435 e. The number of fused-ring (bicyclic) bond motifs is 1. The highest BCUT2D eigenvalue weighted by atomic mass is 32.3. The van der Waals surface area contributed by atoms with Crippen LogP contribution < -0.4 is 0 Å². The Morgan fingerprint density at radius 3 is 2.71 bits per heavy atom. The third-order valence-corrected chi connectivity index (χ3v) is 5.22. The van der Waals surface area contributed by atoms with Crippen molar-refractivity contribution in [1.82, 2.24) is 9.97 Å². The Hall–Kier alpha value is -2.26. The summed E-state index contributed by atoms with van der Waals surface area (Å²) in [7, 11) is -3.34. The maximum absolute atomic E-state index is 12.8. The van der Waals surface area contributed by atoms with Gasteiger partial charge in [0.15, 0.2) is 11.3 Å². The number of benzene rings is 1. The molecule has 0 bridgehead atoms. The molecular weight excluding hydrogens is 345 g/mol. The van der Waals surface area contributed by atoms with Gasteiger partial charge < -0.3 is 4.42 Å². The lowest BCUT2D eigenvalue weighted by molar-refractivity contribution is -0.137. The van der Waals surface area contributed by atoms with Gasteiger partial charge in [-0.05, 0) is 37.3 Å². The number of halogens is 3. The fourth-order valence-corrected chi connectivity index (χ4v) is 3.21. The van der Waals surface area contributed by atoms with Gasteiger partial charge in [0.1, 0.15) is 11.3 Å². The van der Waals surface area contributed by atoms with E-state index in [0.29, 0.717) is 0 Å². The number of alkyl halides is 3. The minimum Gasteiger partial charge on any atom is -0.435 e. The number of nitrogens with zero attached hydrogens (tertiary/aromatic N) is 2. The normalized spacial score (nSPS) is 14.7. The van der Waals surface area contributed by atoms with Crippen LogP contribution in [-0.4, -0.2) is 20.3 Å². The van der Waals surface area contributed by atoms with Gasteiger partial charge in [0.2, 0.25) is 15.1 Å². The highest BCUT2D eigenvalue weighted by Gasteiger charge is 2.34. The molecule has 1 N–H and O–H groups in total. The summed E-state index contributed by atoms with van der Waals surface area (Å²) in [6.07, 6.45) is -3.11. The molecule has 5 nitrogen and oxygen atoms in total. The number of hydrogen-bond acceptors (Lipinski definition) is 4. The van der Waals surface area contributed by atoms with E-state index in [1.54, 1.807) is 6.92 Å². The molecule has 126 valence electrons. The van der Waals surface area contributed by atoms with Crippen molar-refractivity contribution >= 4 is 21.3 Å². The van der Waals surface area contributed by atoms with Crippen molar-refractivity contribution in [2.45, 2.75) is 18.0 Å². The molecule has 0 saturated heterocycles. The van der Waals surface area contributed by atoms with E-state index in [1.807, 2.05) is 0 Å². The van der Waals surface area contributed by atoms with Gasteiger partial charge in [-0.2, -0.15) is 17.7 Å². The van der Waals surface area contributed by atoms with E-state index in [1.165, 1.54) is 18.3 Å². The van der Waals surface area contributed by atoms with Gasteiger partial charge in [-0.1, -0.05) is 4.21 Å². The summed E-state index contributed by atoms with van der Waals surface area (Å²) in [6.45, 7) is 1.54. The molecule has 2 heterocycles. The maximum atomic E-state index is 12.8. The summed E-state index contributed by atoms with van der Waals surface area (Å²) < 4.78 is 66.0. The van der Waals surface area contributed by atoms with Crippen molar-refractivity contribution in [2.24, 2.45) is 0 Å². The summed E-state index contributed by atoms with van der Waals surface area (Å²) in [5.74, 6) is -0.139. The molecule has 0 saturated carbocycles. The van der Waals surface area contributed by atoms with Crippen molar-refractivity contribution in [3.05, 3.63) is 42.1 Å². The Bertz CT molecular complexity index is 953. The van der Waals surface area contributed by atoms with Crippen LogP contribution in [0.4, 0.5) is 13.2 Å². The minimum atomic E-state index is -4.49. The van der Waals surface area contributed by atoms with Gasteiger partial charge in [0, 0.05) is 6.20 Å². The molecule has 0 spiro atoms. The fraction of sp³-hybridized carbons (Fsp3) is 0.200. The zero-order chi connectivity index (χ0) is 17.5. The quantitative estimate of drug-likeness (QED) is 0.709. The van der Waals surface area contributed by atoms with Crippen molar-refractivity contribution in [3.63, 3.8) is 0 Å². The van der Waals surface area contributed by atoms with Crippen LogP contribution in [0.1, 0.15) is 12.5 Å². The Morgan fingerprint density at radius 1 is 1.29 bits per heavy atom. The summed E-state index contributed by atoms with van der Waals surface area (Å²) >= 11 is 0. The van der Waals surface area contributed by atoms with Crippen LogP contribution in [0.25, 0.3) is 22.7 Å². The van der Waals surface area contributed by atoms with Gasteiger partial charge in [-0.15, -0.1) is 0 Å². The molecule has 3 aromatic rings. The topological polar surface area (TPSA) is 76.2 Å². The van der Waals surface area contributed by atoms with Crippen LogP contribution >= 0.6 is 0 Å². The Morgan fingerprint density at radius 2 is 2.04 bits per heavy atom. The Labute approximate surface area is 135 Å². The summed E-state index contributed by atoms with van der Waals surface area (Å²) in [5, 5.41) is 0. The Balaban J connectivity index is 2.16. The zero-order valence-corrected chi connectivity index (χ0v) is 13.2. The van der Waals surface area contributed by atoms with Crippen LogP contribution in [0, 0.1) is 0 Å². The molecule has 9 heteroatoms. The van der Waals surface area contributed by atoms with Gasteiger partial charge in [0.25, 0.3) is 5.89 Å². The first-order chi connectivity index (χ1) is 11.2. The number of hydrogen-bond donors (Lipinski definition) is 1. The average molecular weight is 357 g/mol. The number of pyridine rings is 1. The van der Waals surface area contributed by atoms with Crippen LogP contribution in [0.2, 0.25) is 0 Å². The van der Waals surface area contributed by atoms with E-state index >= 15 is 0 Å². The number of aromatic nitrogens is 2. The molecule has 1 unspecified atom stereocenters. The van der Waals surface area contributed by atoms with Crippen molar-refractivity contribution in [2.75, 3.05) is 5.75 Å². The molecule has 0 fully saturated rings. The first-order valence-electron chi connectivity index (χ1n) is 6.90. The molecule has 1 aromatic carbocycles. The van der Waals surface area contributed by atoms with Crippen LogP contribution in [0.3, 0.4) is 0 Å². The monoisotopic (exact) mass is 357 g/mol. The molecule has 2 aromatic heterocycles. The lowest BCUT2D eigenvalue weighted by Crippen LogP contribution is -2.14. The molecule has 0 aliphatic rings. The van der Waals surface area contributed by atoms with E-state index in [4.69, 9.17) is 4.42 Å². The van der Waals surface area contributed by atoms with Crippen LogP contribution in [-0.2, 0) is 20.6 Å². The van der Waals surface area contributed by atoms with Gasteiger partial charge in [-0.3, -0.25) is 0 Å². The SMILES string of the molecule is CC[S+](=O)(O)c1cccnc1-c1nc2cc(C(F)(F)F)ccc2o1. The van der Waals surface area contributed by atoms with E-state index < -0.39 is 22.0 Å². The van der Waals surface area contributed by atoms with Crippen LogP contribution in [0.5, 0.6) is 0 Å². The van der Waals surface area contributed by atoms with E-state index in [9.17, 15) is 21.9 Å². The highest BCUT2D eigenvalue weighted by Crippen LogP contribution is 2.34. The first kappa shape index (κ1) is 16.6. The van der Waals surface area contributed by atoms with Crippen molar-refractivity contribution in [3.8, 4) is 11.6 Å². The second-order valence-corrected chi connectivity index (χ2v) is 7.28. The van der Waals surface area contributed by atoms with Gasteiger partial charge in [-0.25, -0.2) is 9.97 Å². The van der Waals surface area contributed by atoms with Gasteiger partial charge in [0.05, 0.1) is 5.56 Å². The van der Waals surface area contributed by atoms with Gasteiger partial charge >= 0.3 is 6.18 Å². The van der Waals surface area contributed by atoms with E-state index in [-0.39, 0.29) is 33.3 Å². The fourth-order valence-electron chi connectivity index (χ4n) is 2.17. The molecule has 0 radical (unpaired) electrons. The molecule has 1 atom stereocenters. The second kappa shape index (κ2) is 5.67. The minimum absolute atomic E-state index is 0.00244. The van der Waals surface area contributed by atoms with E-state index in [0.717, 1.165) is 18.2 Å². The maximum Gasteiger partial charge on any atom is 0.416 e. The summed E-state index contributed by atoms with van der Waals surface area (Å²) in [5.41, 5.74) is -0.680. The average Bonchev–Trinajstić information content (AvgIpc) is 2.97. The first-order valence-corrected chi connectivity index (χ1v) is 8.58. The molecule has 0 aliphatic carbocycles. The number of rotatable bonds is 3. The lowest BCUT2D eigenvalue weighted by atomic mass is 10.2. The second-order valence-electron chi connectivity index (χ2n) is 4.98. The number of oxazole rings is 1. The predicted octanol–water partition coefficient (Wildman–Crippen LogP) is 4.26. The molecule has 0 aliphatic heterocycles. The lowest BCUT2D eigenvalue weighted by Gasteiger charge is -2.04. The zero-order valence-electron chi connectivity index (χ0n) is 12.4. The highest BCUT2D eigenvalue weighted by molar-refractivity contribution is 7.97.